The van der Waals surface area contributed by atoms with Gasteiger partial charge in [0.15, 0.2) is 0 Å². The first-order valence-corrected chi connectivity index (χ1v) is 6.99. The van der Waals surface area contributed by atoms with Gasteiger partial charge in [-0.05, 0) is 26.8 Å². The normalized spacial score (nSPS) is 11.5. The average molecular weight is 276 g/mol. The summed E-state index contributed by atoms with van der Waals surface area (Å²) in [5.74, 6) is 0.0124. The number of fused-ring (bicyclic) bond motifs is 1. The molecule has 1 heterocycles. The van der Waals surface area contributed by atoms with Crippen molar-refractivity contribution in [3.05, 3.63) is 30.6 Å². The van der Waals surface area contributed by atoms with Crippen LogP contribution in [0.25, 0.3) is 10.9 Å². The van der Waals surface area contributed by atoms with Crippen molar-refractivity contribution in [3.8, 4) is 0 Å². The van der Waals surface area contributed by atoms with E-state index in [4.69, 9.17) is 4.74 Å². The fourth-order valence-electron chi connectivity index (χ4n) is 1.59. The Bertz CT molecular complexity index is 588. The monoisotopic (exact) mass is 276 g/mol. The highest BCUT2D eigenvalue weighted by Crippen LogP contribution is 2.24. The Labute approximate surface area is 116 Å². The van der Waals surface area contributed by atoms with Crippen molar-refractivity contribution < 1.29 is 9.53 Å². The van der Waals surface area contributed by atoms with Crippen LogP contribution in [-0.2, 0) is 9.53 Å². The highest BCUT2D eigenvalue weighted by molar-refractivity contribution is 8.00. The summed E-state index contributed by atoms with van der Waals surface area (Å²) >= 11 is 1.37. The van der Waals surface area contributed by atoms with E-state index in [9.17, 15) is 4.79 Å². The number of carbonyl (C=O) groups excluding carboxylic acids is 1. The standard InChI is InChI=1S/C14H16N2O2S/c1-14(2,3)18-12(17)8-19-13-10-6-4-5-7-11(10)15-9-16-13/h4-7,9H,8H2,1-3H3. The minimum Gasteiger partial charge on any atom is -0.459 e. The van der Waals surface area contributed by atoms with Gasteiger partial charge in [0.25, 0.3) is 0 Å². The van der Waals surface area contributed by atoms with Crippen molar-refractivity contribution >= 4 is 28.6 Å². The second kappa shape index (κ2) is 5.57. The van der Waals surface area contributed by atoms with Crippen LogP contribution in [0.2, 0.25) is 0 Å². The van der Waals surface area contributed by atoms with Crippen LogP contribution in [0.5, 0.6) is 0 Å². The number of nitrogens with zero attached hydrogens (tertiary/aromatic N) is 2. The first-order chi connectivity index (χ1) is 8.96. The van der Waals surface area contributed by atoms with E-state index >= 15 is 0 Å². The largest absolute Gasteiger partial charge is 0.459 e. The second-order valence-electron chi connectivity index (χ2n) is 5.07. The van der Waals surface area contributed by atoms with Crippen molar-refractivity contribution in [2.24, 2.45) is 0 Å². The molecule has 4 nitrogen and oxygen atoms in total. The van der Waals surface area contributed by atoms with Crippen molar-refractivity contribution in [1.82, 2.24) is 9.97 Å². The number of benzene rings is 1. The van der Waals surface area contributed by atoms with E-state index in [1.54, 1.807) is 0 Å². The summed E-state index contributed by atoms with van der Waals surface area (Å²) in [7, 11) is 0. The van der Waals surface area contributed by atoms with E-state index in [-0.39, 0.29) is 11.7 Å². The van der Waals surface area contributed by atoms with E-state index in [1.807, 2.05) is 45.0 Å². The molecule has 0 radical (unpaired) electrons. The highest BCUT2D eigenvalue weighted by atomic mass is 32.2. The second-order valence-corrected chi connectivity index (χ2v) is 6.04. The van der Waals surface area contributed by atoms with Crippen molar-refractivity contribution in [2.75, 3.05) is 5.75 Å². The SMILES string of the molecule is CC(C)(C)OC(=O)CSc1ncnc2ccccc12. The number of aromatic nitrogens is 2. The Morgan fingerprint density at radius 3 is 2.74 bits per heavy atom. The first-order valence-electron chi connectivity index (χ1n) is 6.00. The average Bonchev–Trinajstić information content (AvgIpc) is 2.34. The number of carbonyl (C=O) groups is 1. The molecule has 0 bridgehead atoms. The zero-order valence-corrected chi connectivity index (χ0v) is 12.0. The molecule has 2 aromatic rings. The number of para-hydroxylation sites is 1. The molecule has 0 atom stereocenters. The summed E-state index contributed by atoms with van der Waals surface area (Å²) < 4.78 is 5.27. The van der Waals surface area contributed by atoms with Crippen molar-refractivity contribution in [2.45, 2.75) is 31.4 Å². The molecule has 0 spiro atoms. The first kappa shape index (κ1) is 13.8. The van der Waals surface area contributed by atoms with E-state index in [1.165, 1.54) is 18.1 Å². The molecule has 0 N–H and O–H groups in total. The van der Waals surface area contributed by atoms with Gasteiger partial charge >= 0.3 is 5.97 Å². The molecule has 0 saturated carbocycles. The van der Waals surface area contributed by atoms with Gasteiger partial charge in [0.05, 0.1) is 11.3 Å². The lowest BCUT2D eigenvalue weighted by molar-refractivity contribution is -0.151. The molecule has 0 aliphatic rings. The number of rotatable bonds is 3. The Balaban J connectivity index is 2.08. The minimum atomic E-state index is -0.453. The smallest absolute Gasteiger partial charge is 0.316 e. The Morgan fingerprint density at radius 1 is 1.26 bits per heavy atom. The summed E-state index contributed by atoms with van der Waals surface area (Å²) in [6.45, 7) is 5.57. The Kier molecular flexibility index (Phi) is 4.04. The highest BCUT2D eigenvalue weighted by Gasteiger charge is 2.16. The van der Waals surface area contributed by atoms with Crippen LogP contribution < -0.4 is 0 Å². The summed E-state index contributed by atoms with van der Waals surface area (Å²) in [5.41, 5.74) is 0.426. The number of esters is 1. The topological polar surface area (TPSA) is 52.1 Å². The summed E-state index contributed by atoms with van der Waals surface area (Å²) in [4.78, 5) is 20.1. The fourth-order valence-corrected chi connectivity index (χ4v) is 2.36. The van der Waals surface area contributed by atoms with Crippen molar-refractivity contribution in [1.29, 1.82) is 0 Å². The van der Waals surface area contributed by atoms with Gasteiger partial charge in [-0.1, -0.05) is 30.0 Å². The lowest BCUT2D eigenvalue weighted by Gasteiger charge is -2.19. The Morgan fingerprint density at radius 2 is 2.00 bits per heavy atom. The maximum Gasteiger partial charge on any atom is 0.316 e. The van der Waals surface area contributed by atoms with Crippen LogP contribution in [0, 0.1) is 0 Å². The molecule has 0 fully saturated rings. The molecule has 5 heteroatoms. The number of hydrogen-bond acceptors (Lipinski definition) is 5. The van der Waals surface area contributed by atoms with Gasteiger partial charge in [-0.15, -0.1) is 0 Å². The number of thioether (sulfide) groups is 1. The third kappa shape index (κ3) is 3.92. The number of hydrogen-bond donors (Lipinski definition) is 0. The quantitative estimate of drug-likeness (QED) is 0.490. The summed E-state index contributed by atoms with van der Waals surface area (Å²) in [5, 5.41) is 1.76. The predicted molar refractivity (Wildman–Crippen MR) is 76.1 cm³/mol. The molecular weight excluding hydrogens is 260 g/mol. The van der Waals surface area contributed by atoms with Crippen LogP contribution in [0.15, 0.2) is 35.6 Å². The van der Waals surface area contributed by atoms with Gasteiger partial charge in [0.2, 0.25) is 0 Å². The summed E-state index contributed by atoms with van der Waals surface area (Å²) in [6.07, 6.45) is 1.51. The molecule has 0 aliphatic heterocycles. The molecule has 100 valence electrons. The van der Waals surface area contributed by atoms with Gasteiger partial charge in [0.1, 0.15) is 17.0 Å². The third-order valence-corrected chi connectivity index (χ3v) is 3.23. The molecule has 19 heavy (non-hydrogen) atoms. The molecule has 0 saturated heterocycles. The molecule has 2 rings (SSSR count). The molecular formula is C14H16N2O2S. The molecule has 1 aromatic heterocycles. The third-order valence-electron chi connectivity index (χ3n) is 2.25. The van der Waals surface area contributed by atoms with Gasteiger partial charge in [-0.25, -0.2) is 9.97 Å². The van der Waals surface area contributed by atoms with E-state index in [0.717, 1.165) is 15.9 Å². The van der Waals surface area contributed by atoms with Gasteiger partial charge < -0.3 is 4.74 Å². The molecule has 0 unspecified atom stereocenters. The van der Waals surface area contributed by atoms with E-state index < -0.39 is 5.60 Å². The zero-order chi connectivity index (χ0) is 13.9. The van der Waals surface area contributed by atoms with Crippen molar-refractivity contribution in [3.63, 3.8) is 0 Å². The van der Waals surface area contributed by atoms with Crippen LogP contribution in [0.1, 0.15) is 20.8 Å². The van der Waals surface area contributed by atoms with Gasteiger partial charge in [-0.2, -0.15) is 0 Å². The number of ether oxygens (including phenoxy) is 1. The maximum absolute atomic E-state index is 11.7. The fraction of sp³-hybridized carbons (Fsp3) is 0.357. The van der Waals surface area contributed by atoms with E-state index in [2.05, 4.69) is 9.97 Å². The summed E-state index contributed by atoms with van der Waals surface area (Å²) in [6, 6.07) is 7.74. The Hall–Kier alpha value is -1.62. The van der Waals surface area contributed by atoms with E-state index in [0.29, 0.717) is 0 Å². The molecule has 0 aliphatic carbocycles. The molecule has 0 amide bonds. The van der Waals surface area contributed by atoms with Crippen LogP contribution in [-0.4, -0.2) is 27.3 Å². The van der Waals surface area contributed by atoms with Gasteiger partial charge in [-0.3, -0.25) is 4.79 Å². The zero-order valence-electron chi connectivity index (χ0n) is 11.2. The molecule has 1 aromatic carbocycles. The minimum absolute atomic E-state index is 0.236. The lowest BCUT2D eigenvalue weighted by Crippen LogP contribution is -2.24. The van der Waals surface area contributed by atoms with Crippen LogP contribution in [0.4, 0.5) is 0 Å². The predicted octanol–water partition coefficient (Wildman–Crippen LogP) is 3.06. The van der Waals surface area contributed by atoms with Gasteiger partial charge in [0, 0.05) is 5.39 Å². The van der Waals surface area contributed by atoms with Crippen LogP contribution in [0.3, 0.4) is 0 Å². The van der Waals surface area contributed by atoms with Crippen LogP contribution >= 0.6 is 11.8 Å². The maximum atomic E-state index is 11.7. The lowest BCUT2D eigenvalue weighted by atomic mass is 10.2.